The van der Waals surface area contributed by atoms with Gasteiger partial charge in [-0.15, -0.1) is 0 Å². The van der Waals surface area contributed by atoms with Gasteiger partial charge in [0.25, 0.3) is 11.5 Å². The number of fused-ring (bicyclic) bond motifs is 1. The third-order valence-corrected chi connectivity index (χ3v) is 4.04. The molecule has 0 saturated heterocycles. The van der Waals surface area contributed by atoms with Crippen LogP contribution in [0, 0.1) is 0 Å². The number of aryl methyl sites for hydroxylation is 2. The molecule has 0 radical (unpaired) electrons. The molecule has 1 amide bonds. The molecular weight excluding hydrogens is 330 g/mol. The highest BCUT2D eigenvalue weighted by Crippen LogP contribution is 2.28. The Balaban J connectivity index is 2.18. The van der Waals surface area contributed by atoms with Gasteiger partial charge in [-0.05, 0) is 12.1 Å². The standard InChI is InChI=1S/C16H16ClN5O2/c1-18-15(23)9-7-19-13(17)6-10(9)20-11-8-22(3)12-4-5-21(2)16(24)14(11)12/h4-8H,1-3H3,(H,18,23)(H,19,20). The minimum absolute atomic E-state index is 0.128. The molecule has 3 aromatic rings. The fourth-order valence-corrected chi connectivity index (χ4v) is 2.74. The number of carbonyl (C=O) groups is 1. The van der Waals surface area contributed by atoms with E-state index in [0.717, 1.165) is 5.52 Å². The van der Waals surface area contributed by atoms with E-state index in [9.17, 15) is 9.59 Å². The van der Waals surface area contributed by atoms with Crippen LogP contribution in [0.15, 0.2) is 35.5 Å². The van der Waals surface area contributed by atoms with Crippen LogP contribution in [0.4, 0.5) is 11.4 Å². The van der Waals surface area contributed by atoms with E-state index in [2.05, 4.69) is 15.6 Å². The summed E-state index contributed by atoms with van der Waals surface area (Å²) in [5.41, 5.74) is 2.08. The van der Waals surface area contributed by atoms with Gasteiger partial charge in [0.05, 0.1) is 27.8 Å². The van der Waals surface area contributed by atoms with Crippen LogP contribution in [0.25, 0.3) is 10.9 Å². The Morgan fingerprint density at radius 3 is 2.71 bits per heavy atom. The van der Waals surface area contributed by atoms with E-state index in [-0.39, 0.29) is 16.6 Å². The van der Waals surface area contributed by atoms with Crippen molar-refractivity contribution >= 4 is 39.8 Å². The number of hydrogen-bond donors (Lipinski definition) is 2. The predicted molar refractivity (Wildman–Crippen MR) is 94.1 cm³/mol. The third kappa shape index (κ3) is 2.63. The molecule has 0 atom stereocenters. The number of nitrogens with zero attached hydrogens (tertiary/aromatic N) is 3. The molecule has 3 rings (SSSR count). The molecule has 0 spiro atoms. The minimum atomic E-state index is -0.296. The molecule has 8 heteroatoms. The van der Waals surface area contributed by atoms with E-state index in [1.807, 2.05) is 17.7 Å². The molecule has 0 unspecified atom stereocenters. The van der Waals surface area contributed by atoms with Crippen LogP contribution >= 0.6 is 11.6 Å². The fourth-order valence-electron chi connectivity index (χ4n) is 2.58. The predicted octanol–water partition coefficient (Wildman–Crippen LogP) is 2.03. The Morgan fingerprint density at radius 1 is 1.25 bits per heavy atom. The van der Waals surface area contributed by atoms with Crippen molar-refractivity contribution in [2.24, 2.45) is 14.1 Å². The lowest BCUT2D eigenvalue weighted by Crippen LogP contribution is -2.20. The molecule has 124 valence electrons. The average Bonchev–Trinajstić information content (AvgIpc) is 2.86. The van der Waals surface area contributed by atoms with Crippen molar-refractivity contribution in [1.29, 1.82) is 0 Å². The Hall–Kier alpha value is -2.80. The van der Waals surface area contributed by atoms with Crippen LogP contribution in [-0.4, -0.2) is 27.1 Å². The number of amides is 1. The van der Waals surface area contributed by atoms with Crippen molar-refractivity contribution < 1.29 is 4.79 Å². The largest absolute Gasteiger partial charge is 0.355 e. The molecule has 0 saturated carbocycles. The summed E-state index contributed by atoms with van der Waals surface area (Å²) in [4.78, 5) is 28.5. The monoisotopic (exact) mass is 345 g/mol. The van der Waals surface area contributed by atoms with Gasteiger partial charge in [-0.3, -0.25) is 9.59 Å². The molecular formula is C16H16ClN5O2. The van der Waals surface area contributed by atoms with E-state index in [1.54, 1.807) is 25.5 Å². The summed E-state index contributed by atoms with van der Waals surface area (Å²) in [7, 11) is 5.08. The molecule has 0 aliphatic heterocycles. The molecule has 7 nitrogen and oxygen atoms in total. The summed E-state index contributed by atoms with van der Waals surface area (Å²) < 4.78 is 3.36. The summed E-state index contributed by atoms with van der Waals surface area (Å²) in [6, 6.07) is 3.42. The van der Waals surface area contributed by atoms with E-state index in [4.69, 9.17) is 11.6 Å². The molecule has 0 aliphatic carbocycles. The molecule has 0 fully saturated rings. The lowest BCUT2D eigenvalue weighted by atomic mass is 10.2. The third-order valence-electron chi connectivity index (χ3n) is 3.83. The fraction of sp³-hybridized carbons (Fsp3) is 0.188. The highest BCUT2D eigenvalue weighted by molar-refractivity contribution is 6.29. The zero-order valence-corrected chi connectivity index (χ0v) is 14.2. The molecule has 24 heavy (non-hydrogen) atoms. The van der Waals surface area contributed by atoms with Gasteiger partial charge in [0, 0.05) is 39.7 Å². The van der Waals surface area contributed by atoms with Crippen molar-refractivity contribution in [2.45, 2.75) is 0 Å². The number of anilines is 2. The second-order valence-corrected chi connectivity index (χ2v) is 5.79. The van der Waals surface area contributed by atoms with E-state index in [1.165, 1.54) is 17.8 Å². The Kier molecular flexibility index (Phi) is 4.02. The number of halogens is 1. The number of carbonyl (C=O) groups excluding carboxylic acids is 1. The van der Waals surface area contributed by atoms with Crippen molar-refractivity contribution in [2.75, 3.05) is 12.4 Å². The number of pyridine rings is 2. The maximum atomic E-state index is 12.5. The molecule has 2 N–H and O–H groups in total. The van der Waals surface area contributed by atoms with Gasteiger partial charge in [-0.2, -0.15) is 0 Å². The molecule has 0 aliphatic rings. The molecule has 3 heterocycles. The van der Waals surface area contributed by atoms with Gasteiger partial charge in [0.2, 0.25) is 0 Å². The van der Waals surface area contributed by atoms with Crippen LogP contribution in [0.1, 0.15) is 10.4 Å². The maximum Gasteiger partial charge on any atom is 0.261 e. The van der Waals surface area contributed by atoms with Gasteiger partial charge in [-0.25, -0.2) is 4.98 Å². The van der Waals surface area contributed by atoms with Gasteiger partial charge < -0.3 is 19.8 Å². The van der Waals surface area contributed by atoms with Crippen LogP contribution in [-0.2, 0) is 14.1 Å². The topological polar surface area (TPSA) is 81.0 Å². The van der Waals surface area contributed by atoms with Crippen LogP contribution in [0.2, 0.25) is 5.15 Å². The Bertz CT molecular complexity index is 1010. The van der Waals surface area contributed by atoms with E-state index >= 15 is 0 Å². The summed E-state index contributed by atoms with van der Waals surface area (Å²) in [5, 5.41) is 6.49. The second-order valence-electron chi connectivity index (χ2n) is 5.40. The molecule has 0 aromatic carbocycles. The second kappa shape index (κ2) is 6.01. The van der Waals surface area contributed by atoms with E-state index < -0.39 is 0 Å². The lowest BCUT2D eigenvalue weighted by Gasteiger charge is -2.10. The van der Waals surface area contributed by atoms with Crippen LogP contribution in [0.3, 0.4) is 0 Å². The first kappa shape index (κ1) is 16.1. The minimum Gasteiger partial charge on any atom is -0.355 e. The first-order valence-electron chi connectivity index (χ1n) is 7.21. The number of aromatic nitrogens is 3. The number of nitrogens with one attached hydrogen (secondary N) is 2. The molecule has 0 bridgehead atoms. The van der Waals surface area contributed by atoms with Crippen molar-refractivity contribution in [3.05, 3.63) is 51.8 Å². The van der Waals surface area contributed by atoms with Crippen LogP contribution in [0.5, 0.6) is 0 Å². The van der Waals surface area contributed by atoms with Gasteiger partial charge in [0.1, 0.15) is 5.15 Å². The van der Waals surface area contributed by atoms with E-state index in [0.29, 0.717) is 22.3 Å². The van der Waals surface area contributed by atoms with Gasteiger partial charge >= 0.3 is 0 Å². The number of rotatable bonds is 3. The highest BCUT2D eigenvalue weighted by atomic mass is 35.5. The average molecular weight is 346 g/mol. The maximum absolute atomic E-state index is 12.5. The first-order valence-corrected chi connectivity index (χ1v) is 7.59. The summed E-state index contributed by atoms with van der Waals surface area (Å²) >= 11 is 5.96. The lowest BCUT2D eigenvalue weighted by molar-refractivity contribution is 0.0963. The van der Waals surface area contributed by atoms with Crippen molar-refractivity contribution in [3.8, 4) is 0 Å². The zero-order valence-electron chi connectivity index (χ0n) is 13.4. The smallest absolute Gasteiger partial charge is 0.261 e. The quantitative estimate of drug-likeness (QED) is 0.712. The number of hydrogen-bond acceptors (Lipinski definition) is 4. The van der Waals surface area contributed by atoms with Gasteiger partial charge in [-0.1, -0.05) is 11.6 Å². The summed E-state index contributed by atoms with van der Waals surface area (Å²) in [6.45, 7) is 0. The van der Waals surface area contributed by atoms with Crippen molar-refractivity contribution in [3.63, 3.8) is 0 Å². The summed E-state index contributed by atoms with van der Waals surface area (Å²) in [5.74, 6) is -0.296. The Morgan fingerprint density at radius 2 is 2.00 bits per heavy atom. The molecule has 3 aromatic heterocycles. The SMILES string of the molecule is CNC(=O)c1cnc(Cl)cc1Nc1cn(C)c2ccn(C)c(=O)c12. The van der Waals surface area contributed by atoms with Gasteiger partial charge in [0.15, 0.2) is 0 Å². The zero-order chi connectivity index (χ0) is 17.4. The summed E-state index contributed by atoms with van der Waals surface area (Å²) in [6.07, 6.45) is 4.91. The normalized spacial score (nSPS) is 10.8. The highest BCUT2D eigenvalue weighted by Gasteiger charge is 2.16. The van der Waals surface area contributed by atoms with Crippen molar-refractivity contribution in [1.82, 2.24) is 19.4 Å². The van der Waals surface area contributed by atoms with Crippen LogP contribution < -0.4 is 16.2 Å². The first-order chi connectivity index (χ1) is 11.4. The Labute approximate surface area is 142 Å².